The smallest absolute Gasteiger partial charge is 0.115 e. The molecular weight excluding hydrogens is 259 g/mol. The van der Waals surface area contributed by atoms with Gasteiger partial charge in [-0.25, -0.2) is 9.97 Å². The number of hydrogen-bond acceptors (Lipinski definition) is 3. The highest BCUT2D eigenvalue weighted by Gasteiger charge is 2.12. The van der Waals surface area contributed by atoms with E-state index in [1.807, 2.05) is 0 Å². The zero-order valence-corrected chi connectivity index (χ0v) is 10.4. The van der Waals surface area contributed by atoms with Gasteiger partial charge in [-0.1, -0.05) is 23.2 Å². The number of halogens is 2. The summed E-state index contributed by atoms with van der Waals surface area (Å²) in [4.78, 5) is 7.79. The Kier molecular flexibility index (Phi) is 3.94. The van der Waals surface area contributed by atoms with Crippen molar-refractivity contribution in [3.05, 3.63) is 58.1 Å². The molecule has 0 radical (unpaired) electrons. The third-order valence-electron chi connectivity index (χ3n) is 2.37. The van der Waals surface area contributed by atoms with Crippen LogP contribution in [0.1, 0.15) is 17.4 Å². The Morgan fingerprint density at radius 3 is 2.76 bits per heavy atom. The molecule has 0 aliphatic heterocycles. The molecule has 0 amide bonds. The Morgan fingerprint density at radius 2 is 2.06 bits per heavy atom. The van der Waals surface area contributed by atoms with E-state index in [9.17, 15) is 5.11 Å². The highest BCUT2D eigenvalue weighted by Crippen LogP contribution is 2.25. The van der Waals surface area contributed by atoms with Gasteiger partial charge < -0.3 is 5.11 Å². The van der Waals surface area contributed by atoms with Crippen molar-refractivity contribution in [3.63, 3.8) is 0 Å². The maximum Gasteiger partial charge on any atom is 0.115 e. The topological polar surface area (TPSA) is 46.0 Å². The first-order valence-electron chi connectivity index (χ1n) is 5.04. The van der Waals surface area contributed by atoms with Crippen molar-refractivity contribution in [2.45, 2.75) is 12.5 Å². The Balaban J connectivity index is 2.18. The van der Waals surface area contributed by atoms with Crippen LogP contribution in [0.4, 0.5) is 0 Å². The molecule has 88 valence electrons. The van der Waals surface area contributed by atoms with E-state index in [0.29, 0.717) is 22.2 Å². The van der Waals surface area contributed by atoms with Gasteiger partial charge in [-0.3, -0.25) is 0 Å². The molecule has 1 heterocycles. The predicted molar refractivity (Wildman–Crippen MR) is 67.2 cm³/mol. The van der Waals surface area contributed by atoms with Gasteiger partial charge in [0.2, 0.25) is 0 Å². The number of aliphatic hydroxyl groups is 1. The normalized spacial score (nSPS) is 12.4. The van der Waals surface area contributed by atoms with Crippen molar-refractivity contribution in [2.24, 2.45) is 0 Å². The van der Waals surface area contributed by atoms with Gasteiger partial charge in [-0.2, -0.15) is 0 Å². The number of hydrogen-bond donors (Lipinski definition) is 1. The lowest BCUT2D eigenvalue weighted by molar-refractivity contribution is 0.173. The molecule has 2 aromatic rings. The molecular formula is C12H10Cl2N2O. The molecule has 0 fully saturated rings. The lowest BCUT2D eigenvalue weighted by atomic mass is 10.1. The van der Waals surface area contributed by atoms with Crippen LogP contribution >= 0.6 is 23.2 Å². The van der Waals surface area contributed by atoms with Gasteiger partial charge >= 0.3 is 0 Å². The molecule has 0 aliphatic carbocycles. The molecule has 0 saturated heterocycles. The fourth-order valence-corrected chi connectivity index (χ4v) is 1.90. The van der Waals surface area contributed by atoms with E-state index in [1.165, 1.54) is 6.33 Å². The van der Waals surface area contributed by atoms with Gasteiger partial charge in [0.15, 0.2) is 0 Å². The highest BCUT2D eigenvalue weighted by molar-refractivity contribution is 6.33. The van der Waals surface area contributed by atoms with Crippen molar-refractivity contribution in [3.8, 4) is 0 Å². The Hall–Kier alpha value is -1.16. The van der Waals surface area contributed by atoms with Gasteiger partial charge in [-0.05, 0) is 29.8 Å². The standard InChI is InChI=1S/C12H10Cl2N2O/c13-9-1-2-10(14)8(5-9)6-12(17)11-3-4-15-7-16-11/h1-5,7,12,17H,6H2. The van der Waals surface area contributed by atoms with E-state index < -0.39 is 6.10 Å². The predicted octanol–water partition coefficient (Wildman–Crippen LogP) is 3.06. The van der Waals surface area contributed by atoms with E-state index in [-0.39, 0.29) is 0 Å². The van der Waals surface area contributed by atoms with Crippen molar-refractivity contribution in [2.75, 3.05) is 0 Å². The Morgan fingerprint density at radius 1 is 1.24 bits per heavy atom. The van der Waals surface area contributed by atoms with E-state index in [1.54, 1.807) is 30.5 Å². The summed E-state index contributed by atoms with van der Waals surface area (Å²) < 4.78 is 0. The van der Waals surface area contributed by atoms with Gasteiger partial charge in [0.25, 0.3) is 0 Å². The monoisotopic (exact) mass is 268 g/mol. The summed E-state index contributed by atoms with van der Waals surface area (Å²) in [6, 6.07) is 6.84. The summed E-state index contributed by atoms with van der Waals surface area (Å²) in [7, 11) is 0. The van der Waals surface area contributed by atoms with Gasteiger partial charge in [0.1, 0.15) is 12.4 Å². The van der Waals surface area contributed by atoms with Crippen LogP contribution in [0.25, 0.3) is 0 Å². The van der Waals surface area contributed by atoms with E-state index in [4.69, 9.17) is 23.2 Å². The van der Waals surface area contributed by atoms with Crippen LogP contribution in [0.3, 0.4) is 0 Å². The SMILES string of the molecule is OC(Cc1cc(Cl)ccc1Cl)c1ccncn1. The highest BCUT2D eigenvalue weighted by atomic mass is 35.5. The fourth-order valence-electron chi connectivity index (χ4n) is 1.51. The second-order valence-electron chi connectivity index (χ2n) is 3.59. The quantitative estimate of drug-likeness (QED) is 0.931. The molecule has 2 rings (SSSR count). The fraction of sp³-hybridized carbons (Fsp3) is 0.167. The minimum atomic E-state index is -0.714. The Bertz CT molecular complexity index is 505. The molecule has 0 spiro atoms. The van der Waals surface area contributed by atoms with Crippen LogP contribution in [0, 0.1) is 0 Å². The van der Waals surface area contributed by atoms with Crippen molar-refractivity contribution in [1.29, 1.82) is 0 Å². The van der Waals surface area contributed by atoms with E-state index >= 15 is 0 Å². The van der Waals surface area contributed by atoms with Crippen molar-refractivity contribution < 1.29 is 5.11 Å². The van der Waals surface area contributed by atoms with Crippen LogP contribution in [0.5, 0.6) is 0 Å². The average molecular weight is 269 g/mol. The van der Waals surface area contributed by atoms with Gasteiger partial charge in [-0.15, -0.1) is 0 Å². The summed E-state index contributed by atoms with van der Waals surface area (Å²) in [5.74, 6) is 0. The van der Waals surface area contributed by atoms with E-state index in [0.717, 1.165) is 5.56 Å². The maximum absolute atomic E-state index is 10.00. The van der Waals surface area contributed by atoms with Gasteiger partial charge in [0, 0.05) is 22.7 Å². The van der Waals surface area contributed by atoms with Crippen LogP contribution in [-0.4, -0.2) is 15.1 Å². The molecule has 17 heavy (non-hydrogen) atoms. The molecule has 0 saturated carbocycles. The molecule has 0 aliphatic rings. The first-order valence-corrected chi connectivity index (χ1v) is 5.80. The summed E-state index contributed by atoms with van der Waals surface area (Å²) in [5.41, 5.74) is 1.36. The lowest BCUT2D eigenvalue weighted by Crippen LogP contribution is -2.04. The molecule has 1 aromatic carbocycles. The third kappa shape index (κ3) is 3.16. The molecule has 1 aromatic heterocycles. The molecule has 3 nitrogen and oxygen atoms in total. The molecule has 1 atom stereocenters. The lowest BCUT2D eigenvalue weighted by Gasteiger charge is -2.11. The molecule has 1 unspecified atom stereocenters. The summed E-state index contributed by atoms with van der Waals surface area (Å²) in [6.07, 6.45) is 2.65. The minimum Gasteiger partial charge on any atom is -0.386 e. The number of nitrogens with zero attached hydrogens (tertiary/aromatic N) is 2. The van der Waals surface area contributed by atoms with E-state index in [2.05, 4.69) is 9.97 Å². The molecule has 5 heteroatoms. The van der Waals surface area contributed by atoms with Crippen molar-refractivity contribution in [1.82, 2.24) is 9.97 Å². The number of aromatic nitrogens is 2. The number of aliphatic hydroxyl groups excluding tert-OH is 1. The summed E-state index contributed by atoms with van der Waals surface area (Å²) in [5, 5.41) is 11.2. The average Bonchev–Trinajstić information content (AvgIpc) is 2.35. The zero-order chi connectivity index (χ0) is 12.3. The van der Waals surface area contributed by atoms with Crippen LogP contribution < -0.4 is 0 Å². The second-order valence-corrected chi connectivity index (χ2v) is 4.43. The maximum atomic E-state index is 10.00. The van der Waals surface area contributed by atoms with Crippen LogP contribution in [-0.2, 0) is 6.42 Å². The first kappa shape index (κ1) is 12.3. The first-order chi connectivity index (χ1) is 8.16. The second kappa shape index (κ2) is 5.45. The minimum absolute atomic E-state index is 0.371. The van der Waals surface area contributed by atoms with Crippen molar-refractivity contribution >= 4 is 23.2 Å². The van der Waals surface area contributed by atoms with Crippen LogP contribution in [0.15, 0.2) is 36.8 Å². The number of benzene rings is 1. The molecule has 1 N–H and O–H groups in total. The third-order valence-corrected chi connectivity index (χ3v) is 2.97. The van der Waals surface area contributed by atoms with Crippen LogP contribution in [0.2, 0.25) is 10.0 Å². The van der Waals surface area contributed by atoms with Gasteiger partial charge in [0.05, 0.1) is 5.69 Å². The summed E-state index contributed by atoms with van der Waals surface area (Å²) in [6.45, 7) is 0. The zero-order valence-electron chi connectivity index (χ0n) is 8.85. The molecule has 0 bridgehead atoms. The number of rotatable bonds is 3. The summed E-state index contributed by atoms with van der Waals surface area (Å²) >= 11 is 11.9. The largest absolute Gasteiger partial charge is 0.386 e. The Labute approximate surface area is 109 Å².